The molecule has 7 nitrogen and oxygen atoms in total. The molecule has 0 saturated carbocycles. The molecule has 2 aromatic carbocycles. The van der Waals surface area contributed by atoms with Crippen LogP contribution >= 0.6 is 11.3 Å². The van der Waals surface area contributed by atoms with Gasteiger partial charge in [-0.1, -0.05) is 36.5 Å². The number of amides is 1. The van der Waals surface area contributed by atoms with E-state index < -0.39 is 32.5 Å². The van der Waals surface area contributed by atoms with E-state index in [1.807, 2.05) is 30.3 Å². The van der Waals surface area contributed by atoms with Gasteiger partial charge in [-0.15, -0.1) is 0 Å². The third-order valence-electron chi connectivity index (χ3n) is 6.73. The van der Waals surface area contributed by atoms with Gasteiger partial charge in [0, 0.05) is 31.3 Å². The fraction of sp³-hybridized carbons (Fsp3) is 0.296. The van der Waals surface area contributed by atoms with E-state index >= 15 is 0 Å². The number of fused-ring (bicyclic) bond motifs is 1. The Morgan fingerprint density at radius 2 is 1.89 bits per heavy atom. The topological polar surface area (TPSA) is 83.5 Å². The monoisotopic (exact) mass is 556 g/mol. The highest BCUT2D eigenvalue weighted by Gasteiger charge is 2.36. The number of hydrogen-bond acceptors (Lipinski definition) is 6. The van der Waals surface area contributed by atoms with Crippen LogP contribution in [0.25, 0.3) is 10.2 Å². The first-order valence-electron chi connectivity index (χ1n) is 12.3. The van der Waals surface area contributed by atoms with E-state index in [0.717, 1.165) is 38.6 Å². The van der Waals surface area contributed by atoms with Crippen LogP contribution in [-0.4, -0.2) is 41.7 Å². The van der Waals surface area contributed by atoms with E-state index in [1.165, 1.54) is 11.3 Å². The Morgan fingerprint density at radius 3 is 2.58 bits per heavy atom. The van der Waals surface area contributed by atoms with Gasteiger partial charge in [-0.3, -0.25) is 14.7 Å². The van der Waals surface area contributed by atoms with Crippen molar-refractivity contribution in [2.45, 2.75) is 37.6 Å². The molecule has 5 rings (SSSR count). The molecule has 2 aromatic heterocycles. The first kappa shape index (κ1) is 26.3. The lowest BCUT2D eigenvalue weighted by Crippen LogP contribution is -2.44. The lowest BCUT2D eigenvalue weighted by atomic mass is 9.96. The first-order chi connectivity index (χ1) is 18.3. The number of anilines is 1. The zero-order valence-corrected chi connectivity index (χ0v) is 22.3. The SMILES string of the molecule is CCc1cccc2sc(N(Cc3ccccn3)C(=O)C3CCN(S(=O)(=O)c4ccc(F)cc4F)CC3)nc12. The minimum Gasteiger partial charge on any atom is -0.282 e. The normalized spacial score (nSPS) is 15.1. The Bertz CT molecular complexity index is 1570. The summed E-state index contributed by atoms with van der Waals surface area (Å²) in [4.78, 5) is 24.1. The maximum Gasteiger partial charge on any atom is 0.245 e. The summed E-state index contributed by atoms with van der Waals surface area (Å²) >= 11 is 1.44. The van der Waals surface area contributed by atoms with Gasteiger partial charge >= 0.3 is 0 Å². The van der Waals surface area contributed by atoms with Crippen molar-refractivity contribution in [1.29, 1.82) is 0 Å². The van der Waals surface area contributed by atoms with Gasteiger partial charge in [-0.25, -0.2) is 22.2 Å². The van der Waals surface area contributed by atoms with Crippen molar-refractivity contribution in [3.63, 3.8) is 0 Å². The van der Waals surface area contributed by atoms with Gasteiger partial charge in [-0.2, -0.15) is 4.31 Å². The Labute approximate surface area is 223 Å². The van der Waals surface area contributed by atoms with Gasteiger partial charge in [-0.05, 0) is 55.2 Å². The summed E-state index contributed by atoms with van der Waals surface area (Å²) in [6, 6.07) is 13.9. The third-order valence-corrected chi connectivity index (χ3v) is 9.71. The molecule has 0 atom stereocenters. The van der Waals surface area contributed by atoms with Crippen LogP contribution in [0.5, 0.6) is 0 Å². The summed E-state index contributed by atoms with van der Waals surface area (Å²) in [7, 11) is -4.16. The molecule has 0 radical (unpaired) electrons. The molecule has 4 aromatic rings. The fourth-order valence-corrected chi connectivity index (χ4v) is 7.21. The fourth-order valence-electron chi connectivity index (χ4n) is 4.68. The average molecular weight is 557 g/mol. The molecule has 0 N–H and O–H groups in total. The Balaban J connectivity index is 1.39. The van der Waals surface area contributed by atoms with Crippen molar-refractivity contribution in [2.75, 3.05) is 18.0 Å². The molecule has 3 heterocycles. The van der Waals surface area contributed by atoms with E-state index in [9.17, 15) is 22.0 Å². The summed E-state index contributed by atoms with van der Waals surface area (Å²) < 4.78 is 55.7. The van der Waals surface area contributed by atoms with Crippen LogP contribution in [0.3, 0.4) is 0 Å². The quantitative estimate of drug-likeness (QED) is 0.314. The second-order valence-corrected chi connectivity index (χ2v) is 12.0. The second-order valence-electron chi connectivity index (χ2n) is 9.11. The number of halogens is 2. The second kappa shape index (κ2) is 10.8. The number of nitrogens with zero attached hydrogens (tertiary/aromatic N) is 4. The summed E-state index contributed by atoms with van der Waals surface area (Å²) in [5.41, 5.74) is 2.68. The predicted molar refractivity (Wildman–Crippen MR) is 142 cm³/mol. The number of aryl methyl sites for hydroxylation is 1. The van der Waals surface area contributed by atoms with E-state index in [4.69, 9.17) is 4.98 Å². The van der Waals surface area contributed by atoms with Gasteiger partial charge in [0.15, 0.2) is 5.13 Å². The molecule has 11 heteroatoms. The van der Waals surface area contributed by atoms with Crippen LogP contribution in [0.2, 0.25) is 0 Å². The van der Waals surface area contributed by atoms with Crippen molar-refractivity contribution >= 4 is 42.6 Å². The third kappa shape index (κ3) is 5.18. The van der Waals surface area contributed by atoms with Gasteiger partial charge in [0.25, 0.3) is 0 Å². The number of thiazole rings is 1. The number of piperidine rings is 1. The molecule has 1 aliphatic heterocycles. The molecule has 1 aliphatic rings. The van der Waals surface area contributed by atoms with Crippen LogP contribution < -0.4 is 4.90 Å². The van der Waals surface area contributed by atoms with Gasteiger partial charge in [0.05, 0.1) is 22.5 Å². The predicted octanol–water partition coefficient (Wildman–Crippen LogP) is 5.17. The van der Waals surface area contributed by atoms with Crippen LogP contribution in [0, 0.1) is 17.6 Å². The lowest BCUT2D eigenvalue weighted by Gasteiger charge is -2.33. The highest BCUT2D eigenvalue weighted by Crippen LogP contribution is 2.34. The Hall–Kier alpha value is -3.28. The molecule has 0 unspecified atom stereocenters. The Kier molecular flexibility index (Phi) is 7.51. The first-order valence-corrected chi connectivity index (χ1v) is 14.6. The van der Waals surface area contributed by atoms with Crippen molar-refractivity contribution in [1.82, 2.24) is 14.3 Å². The molecule has 0 spiro atoms. The van der Waals surface area contributed by atoms with Crippen molar-refractivity contribution in [2.24, 2.45) is 5.92 Å². The summed E-state index contributed by atoms with van der Waals surface area (Å²) in [6.07, 6.45) is 3.02. The number of pyridine rings is 1. The van der Waals surface area contributed by atoms with Crippen LogP contribution in [0.15, 0.2) is 65.7 Å². The number of hydrogen-bond donors (Lipinski definition) is 0. The number of rotatable bonds is 7. The van der Waals surface area contributed by atoms with Crippen molar-refractivity contribution in [3.8, 4) is 0 Å². The molecule has 198 valence electrons. The number of sulfonamides is 1. The average Bonchev–Trinajstić information content (AvgIpc) is 3.36. The van der Waals surface area contributed by atoms with E-state index in [2.05, 4.69) is 11.9 Å². The maximum absolute atomic E-state index is 14.2. The molecule has 38 heavy (non-hydrogen) atoms. The largest absolute Gasteiger partial charge is 0.282 e. The molecular formula is C27H26F2N4O3S2. The zero-order chi connectivity index (χ0) is 26.9. The molecule has 0 aliphatic carbocycles. The summed E-state index contributed by atoms with van der Waals surface area (Å²) in [5, 5.41) is 0.569. The van der Waals surface area contributed by atoms with Crippen LogP contribution in [0.4, 0.5) is 13.9 Å². The number of carbonyl (C=O) groups excluding carboxylic acids is 1. The van der Waals surface area contributed by atoms with E-state index in [-0.39, 0.29) is 38.4 Å². The lowest BCUT2D eigenvalue weighted by molar-refractivity contribution is -0.123. The number of aromatic nitrogens is 2. The molecule has 1 fully saturated rings. The molecule has 1 saturated heterocycles. The van der Waals surface area contributed by atoms with E-state index in [0.29, 0.717) is 16.9 Å². The number of para-hydroxylation sites is 1. The Morgan fingerprint density at radius 1 is 1.11 bits per heavy atom. The van der Waals surface area contributed by atoms with Gasteiger partial charge < -0.3 is 0 Å². The smallest absolute Gasteiger partial charge is 0.245 e. The molecule has 0 bridgehead atoms. The van der Waals surface area contributed by atoms with Crippen LogP contribution in [0.1, 0.15) is 31.0 Å². The minimum absolute atomic E-state index is 0.0484. The minimum atomic E-state index is -4.16. The van der Waals surface area contributed by atoms with Crippen molar-refractivity contribution in [3.05, 3.63) is 83.7 Å². The van der Waals surface area contributed by atoms with E-state index in [1.54, 1.807) is 17.2 Å². The van der Waals surface area contributed by atoms with Gasteiger partial charge in [0.2, 0.25) is 15.9 Å². The van der Waals surface area contributed by atoms with Gasteiger partial charge in [0.1, 0.15) is 16.5 Å². The van der Waals surface area contributed by atoms with Crippen molar-refractivity contribution < 1.29 is 22.0 Å². The highest BCUT2D eigenvalue weighted by molar-refractivity contribution is 7.89. The maximum atomic E-state index is 14.2. The number of benzene rings is 2. The highest BCUT2D eigenvalue weighted by atomic mass is 32.2. The standard InChI is InChI=1S/C27H26F2N4O3S2/c1-2-18-6-5-8-23-25(18)31-27(37-23)33(17-21-7-3-4-13-30-21)26(34)19-11-14-32(15-12-19)38(35,36)24-10-9-20(28)16-22(24)29/h3-10,13,16,19H,2,11-12,14-15,17H2,1H3. The van der Waals surface area contributed by atoms with Crippen LogP contribution in [-0.2, 0) is 27.8 Å². The zero-order valence-electron chi connectivity index (χ0n) is 20.7. The summed E-state index contributed by atoms with van der Waals surface area (Å²) in [6.45, 7) is 2.39. The molecular weight excluding hydrogens is 530 g/mol. The number of carbonyl (C=O) groups is 1. The molecule has 1 amide bonds. The summed E-state index contributed by atoms with van der Waals surface area (Å²) in [5.74, 6) is -2.58.